The summed E-state index contributed by atoms with van der Waals surface area (Å²) in [6.07, 6.45) is -4.50. The van der Waals surface area contributed by atoms with Crippen molar-refractivity contribution >= 4 is 5.97 Å². The molecule has 0 bridgehead atoms. The summed E-state index contributed by atoms with van der Waals surface area (Å²) in [5.74, 6) is -0.666. The quantitative estimate of drug-likeness (QED) is 0.737. The minimum atomic E-state index is -4.50. The zero-order valence-electron chi connectivity index (χ0n) is 8.76. The van der Waals surface area contributed by atoms with E-state index in [2.05, 4.69) is 9.72 Å². The van der Waals surface area contributed by atoms with E-state index in [1.807, 2.05) is 0 Å². The fourth-order valence-electron chi connectivity index (χ4n) is 1.14. The van der Waals surface area contributed by atoms with Crippen molar-refractivity contribution in [2.75, 3.05) is 6.61 Å². The van der Waals surface area contributed by atoms with Gasteiger partial charge in [0.1, 0.15) is 5.69 Å². The Morgan fingerprint density at radius 2 is 2.06 bits per heavy atom. The van der Waals surface area contributed by atoms with Crippen molar-refractivity contribution in [2.45, 2.75) is 20.0 Å². The number of alkyl halides is 3. The maximum absolute atomic E-state index is 12.3. The summed E-state index contributed by atoms with van der Waals surface area (Å²) < 4.78 is 41.5. The molecule has 0 spiro atoms. The first kappa shape index (κ1) is 12.5. The van der Waals surface area contributed by atoms with Crippen LogP contribution in [-0.2, 0) is 10.9 Å². The Morgan fingerprint density at radius 1 is 1.44 bits per heavy atom. The smallest absolute Gasteiger partial charge is 0.433 e. The van der Waals surface area contributed by atoms with Gasteiger partial charge in [-0.05, 0) is 26.0 Å². The highest BCUT2D eigenvalue weighted by atomic mass is 19.4. The summed E-state index contributed by atoms with van der Waals surface area (Å²) >= 11 is 0. The van der Waals surface area contributed by atoms with Gasteiger partial charge in [-0.25, -0.2) is 9.78 Å². The minimum Gasteiger partial charge on any atom is -0.462 e. The number of pyridine rings is 1. The minimum absolute atomic E-state index is 0.00766. The molecule has 0 aliphatic carbocycles. The molecule has 1 rings (SSSR count). The molecule has 0 fully saturated rings. The Hall–Kier alpha value is -1.59. The predicted molar refractivity (Wildman–Crippen MR) is 49.9 cm³/mol. The standard InChI is InChI=1S/C10H10F3NO2/c1-3-16-9(15)7-4-5-8(10(11,12)13)14-6(7)2/h4-5H,3H2,1-2H3. The molecule has 88 valence electrons. The molecule has 0 amide bonds. The summed E-state index contributed by atoms with van der Waals surface area (Å²) in [7, 11) is 0. The Labute approximate surface area is 90.2 Å². The zero-order valence-corrected chi connectivity index (χ0v) is 8.76. The maximum Gasteiger partial charge on any atom is 0.433 e. The van der Waals surface area contributed by atoms with Crippen LogP contribution in [0.2, 0.25) is 0 Å². The van der Waals surface area contributed by atoms with Gasteiger partial charge in [0, 0.05) is 0 Å². The molecule has 3 nitrogen and oxygen atoms in total. The molecular formula is C10H10F3NO2. The van der Waals surface area contributed by atoms with E-state index in [0.717, 1.165) is 12.1 Å². The third-order valence-corrected chi connectivity index (χ3v) is 1.87. The van der Waals surface area contributed by atoms with E-state index in [4.69, 9.17) is 0 Å². The number of hydrogen-bond donors (Lipinski definition) is 0. The van der Waals surface area contributed by atoms with Gasteiger partial charge in [0.25, 0.3) is 0 Å². The van der Waals surface area contributed by atoms with Gasteiger partial charge in [-0.15, -0.1) is 0 Å². The van der Waals surface area contributed by atoms with E-state index in [0.29, 0.717) is 0 Å². The van der Waals surface area contributed by atoms with Gasteiger partial charge in [-0.1, -0.05) is 0 Å². The topological polar surface area (TPSA) is 39.2 Å². The summed E-state index contributed by atoms with van der Waals surface area (Å²) in [4.78, 5) is 14.6. The highest BCUT2D eigenvalue weighted by Crippen LogP contribution is 2.28. The predicted octanol–water partition coefficient (Wildman–Crippen LogP) is 2.59. The van der Waals surface area contributed by atoms with E-state index in [9.17, 15) is 18.0 Å². The molecule has 0 saturated heterocycles. The molecule has 0 saturated carbocycles. The highest BCUT2D eigenvalue weighted by molar-refractivity contribution is 5.90. The SMILES string of the molecule is CCOC(=O)c1ccc(C(F)(F)F)nc1C. The lowest BCUT2D eigenvalue weighted by Crippen LogP contribution is -2.13. The van der Waals surface area contributed by atoms with Crippen LogP contribution in [0.15, 0.2) is 12.1 Å². The lowest BCUT2D eigenvalue weighted by molar-refractivity contribution is -0.141. The van der Waals surface area contributed by atoms with Crippen LogP contribution >= 0.6 is 0 Å². The Bertz CT molecular complexity index is 402. The summed E-state index contributed by atoms with van der Waals surface area (Å²) in [5.41, 5.74) is -0.957. The summed E-state index contributed by atoms with van der Waals surface area (Å²) in [5, 5.41) is 0. The second-order valence-electron chi connectivity index (χ2n) is 3.05. The molecule has 6 heteroatoms. The van der Waals surface area contributed by atoms with E-state index >= 15 is 0 Å². The number of carbonyl (C=O) groups excluding carboxylic acids is 1. The largest absolute Gasteiger partial charge is 0.462 e. The monoisotopic (exact) mass is 233 g/mol. The van der Waals surface area contributed by atoms with Gasteiger partial charge in [0.05, 0.1) is 17.9 Å². The van der Waals surface area contributed by atoms with E-state index in [1.165, 1.54) is 6.92 Å². The number of esters is 1. The number of nitrogens with zero attached hydrogens (tertiary/aromatic N) is 1. The average molecular weight is 233 g/mol. The first-order valence-electron chi connectivity index (χ1n) is 4.58. The molecule has 0 aromatic carbocycles. The van der Waals surface area contributed by atoms with Crippen LogP contribution in [0.5, 0.6) is 0 Å². The van der Waals surface area contributed by atoms with Crippen molar-refractivity contribution in [3.63, 3.8) is 0 Å². The zero-order chi connectivity index (χ0) is 12.3. The maximum atomic E-state index is 12.3. The van der Waals surface area contributed by atoms with Crippen LogP contribution in [0.25, 0.3) is 0 Å². The van der Waals surface area contributed by atoms with Crippen LogP contribution in [0.4, 0.5) is 13.2 Å². The molecular weight excluding hydrogens is 223 g/mol. The van der Waals surface area contributed by atoms with E-state index < -0.39 is 17.8 Å². The van der Waals surface area contributed by atoms with Crippen LogP contribution in [0.1, 0.15) is 28.7 Å². The van der Waals surface area contributed by atoms with Gasteiger partial charge in [-0.3, -0.25) is 0 Å². The van der Waals surface area contributed by atoms with Crippen molar-refractivity contribution in [3.05, 3.63) is 29.1 Å². The van der Waals surface area contributed by atoms with Crippen molar-refractivity contribution in [1.82, 2.24) is 4.98 Å². The van der Waals surface area contributed by atoms with Crippen LogP contribution < -0.4 is 0 Å². The Kier molecular flexibility index (Phi) is 3.51. The van der Waals surface area contributed by atoms with Gasteiger partial charge in [0.2, 0.25) is 0 Å². The number of rotatable bonds is 2. The second-order valence-corrected chi connectivity index (χ2v) is 3.05. The van der Waals surface area contributed by atoms with Crippen molar-refractivity contribution in [2.24, 2.45) is 0 Å². The Balaban J connectivity index is 3.05. The van der Waals surface area contributed by atoms with Crippen LogP contribution in [-0.4, -0.2) is 17.6 Å². The normalized spacial score (nSPS) is 11.3. The fourth-order valence-corrected chi connectivity index (χ4v) is 1.14. The molecule has 1 aromatic rings. The molecule has 0 aliphatic heterocycles. The lowest BCUT2D eigenvalue weighted by Gasteiger charge is -2.09. The third-order valence-electron chi connectivity index (χ3n) is 1.87. The summed E-state index contributed by atoms with van der Waals surface area (Å²) in [6, 6.07) is 1.84. The van der Waals surface area contributed by atoms with Gasteiger partial charge in [0.15, 0.2) is 0 Å². The number of ether oxygens (including phenoxy) is 1. The fraction of sp³-hybridized carbons (Fsp3) is 0.400. The molecule has 0 radical (unpaired) electrons. The van der Waals surface area contributed by atoms with Crippen molar-refractivity contribution in [3.8, 4) is 0 Å². The molecule has 1 aromatic heterocycles. The molecule has 0 aliphatic rings. The van der Waals surface area contributed by atoms with Crippen molar-refractivity contribution in [1.29, 1.82) is 0 Å². The van der Waals surface area contributed by atoms with Crippen LogP contribution in [0, 0.1) is 6.92 Å². The molecule has 0 N–H and O–H groups in total. The molecule has 1 heterocycles. The number of carbonyl (C=O) groups is 1. The van der Waals surface area contributed by atoms with Gasteiger partial charge < -0.3 is 4.74 Å². The lowest BCUT2D eigenvalue weighted by atomic mass is 10.2. The number of hydrogen-bond acceptors (Lipinski definition) is 3. The first-order valence-corrected chi connectivity index (χ1v) is 4.58. The first-order chi connectivity index (χ1) is 7.36. The Morgan fingerprint density at radius 3 is 2.50 bits per heavy atom. The number of halogens is 3. The number of aromatic nitrogens is 1. The van der Waals surface area contributed by atoms with Crippen molar-refractivity contribution < 1.29 is 22.7 Å². The molecule has 16 heavy (non-hydrogen) atoms. The van der Waals surface area contributed by atoms with Gasteiger partial charge in [-0.2, -0.15) is 13.2 Å². The molecule has 0 atom stereocenters. The van der Waals surface area contributed by atoms with Crippen LogP contribution in [0.3, 0.4) is 0 Å². The third kappa shape index (κ3) is 2.71. The van der Waals surface area contributed by atoms with E-state index in [1.54, 1.807) is 6.92 Å². The van der Waals surface area contributed by atoms with Gasteiger partial charge >= 0.3 is 12.1 Å². The average Bonchev–Trinajstić information content (AvgIpc) is 2.16. The summed E-state index contributed by atoms with van der Waals surface area (Å²) in [6.45, 7) is 3.12. The molecule has 0 unspecified atom stereocenters. The highest BCUT2D eigenvalue weighted by Gasteiger charge is 2.33. The van der Waals surface area contributed by atoms with E-state index in [-0.39, 0.29) is 17.9 Å². The second kappa shape index (κ2) is 4.51. The number of aryl methyl sites for hydroxylation is 1.